The highest BCUT2D eigenvalue weighted by Gasteiger charge is 2.11. The number of hydrogen-bond acceptors (Lipinski definition) is 7. The molecule has 24 heavy (non-hydrogen) atoms. The molecule has 0 fully saturated rings. The zero-order valence-electron chi connectivity index (χ0n) is 13.0. The largest absolute Gasteiger partial charge is 0.494 e. The minimum atomic E-state index is -0.707. The molecule has 0 saturated heterocycles. The Morgan fingerprint density at radius 2 is 2.33 bits per heavy atom. The second-order valence-electron chi connectivity index (χ2n) is 4.42. The van der Waals surface area contributed by atoms with Gasteiger partial charge >= 0.3 is 5.97 Å². The molecule has 6 nitrogen and oxygen atoms in total. The Labute approximate surface area is 142 Å². The SMILES string of the molecule is CCOC(=O)/C(C#N)=C/Nc1nc(-c2ccc(OC)c(F)c2)cs1. The van der Waals surface area contributed by atoms with Gasteiger partial charge in [-0.05, 0) is 25.1 Å². The quantitative estimate of drug-likeness (QED) is 0.490. The highest BCUT2D eigenvalue weighted by atomic mass is 32.1. The van der Waals surface area contributed by atoms with Crippen LogP contribution in [0.2, 0.25) is 0 Å². The number of hydrogen-bond donors (Lipinski definition) is 1. The number of ether oxygens (including phenoxy) is 2. The summed E-state index contributed by atoms with van der Waals surface area (Å²) in [6.45, 7) is 1.84. The first-order valence-corrected chi connectivity index (χ1v) is 7.80. The van der Waals surface area contributed by atoms with Crippen molar-refractivity contribution in [1.29, 1.82) is 5.26 Å². The van der Waals surface area contributed by atoms with Crippen LogP contribution < -0.4 is 10.1 Å². The van der Waals surface area contributed by atoms with E-state index in [0.717, 1.165) is 0 Å². The highest BCUT2D eigenvalue weighted by molar-refractivity contribution is 7.14. The van der Waals surface area contributed by atoms with E-state index in [9.17, 15) is 9.18 Å². The fourth-order valence-corrected chi connectivity index (χ4v) is 2.47. The summed E-state index contributed by atoms with van der Waals surface area (Å²) in [6.07, 6.45) is 1.23. The van der Waals surface area contributed by atoms with E-state index in [4.69, 9.17) is 14.7 Å². The van der Waals surface area contributed by atoms with Crippen molar-refractivity contribution in [2.45, 2.75) is 6.92 Å². The van der Waals surface area contributed by atoms with Crippen molar-refractivity contribution in [3.63, 3.8) is 0 Å². The van der Waals surface area contributed by atoms with Crippen LogP contribution in [0.5, 0.6) is 5.75 Å². The van der Waals surface area contributed by atoms with Crippen molar-refractivity contribution in [1.82, 2.24) is 4.98 Å². The van der Waals surface area contributed by atoms with Crippen LogP contribution in [0.3, 0.4) is 0 Å². The van der Waals surface area contributed by atoms with Crippen LogP contribution in [-0.4, -0.2) is 24.7 Å². The lowest BCUT2D eigenvalue weighted by Crippen LogP contribution is -2.07. The van der Waals surface area contributed by atoms with Crippen LogP contribution in [0.4, 0.5) is 9.52 Å². The van der Waals surface area contributed by atoms with Gasteiger partial charge < -0.3 is 14.8 Å². The van der Waals surface area contributed by atoms with Gasteiger partial charge in [0.2, 0.25) is 0 Å². The van der Waals surface area contributed by atoms with E-state index in [1.807, 2.05) is 0 Å². The number of carbonyl (C=O) groups excluding carboxylic acids is 1. The van der Waals surface area contributed by atoms with Gasteiger partial charge in [0.25, 0.3) is 0 Å². The molecule has 0 spiro atoms. The molecule has 1 aromatic carbocycles. The second kappa shape index (κ2) is 8.08. The van der Waals surface area contributed by atoms with Crippen molar-refractivity contribution in [3.8, 4) is 23.1 Å². The number of benzene rings is 1. The van der Waals surface area contributed by atoms with Gasteiger partial charge in [-0.3, -0.25) is 0 Å². The van der Waals surface area contributed by atoms with Gasteiger partial charge in [0.1, 0.15) is 6.07 Å². The number of aromatic nitrogens is 1. The fraction of sp³-hybridized carbons (Fsp3) is 0.188. The molecular formula is C16H14FN3O3S. The molecule has 0 aliphatic rings. The van der Waals surface area contributed by atoms with Gasteiger partial charge in [-0.2, -0.15) is 5.26 Å². The predicted octanol–water partition coefficient (Wildman–Crippen LogP) is 3.34. The van der Waals surface area contributed by atoms with Gasteiger partial charge in [0.05, 0.1) is 19.4 Å². The van der Waals surface area contributed by atoms with Crippen LogP contribution in [0.1, 0.15) is 6.92 Å². The summed E-state index contributed by atoms with van der Waals surface area (Å²) >= 11 is 1.26. The summed E-state index contributed by atoms with van der Waals surface area (Å²) in [5, 5.41) is 13.9. The molecule has 0 atom stereocenters. The first-order valence-electron chi connectivity index (χ1n) is 6.92. The third-order valence-corrected chi connectivity index (χ3v) is 3.68. The van der Waals surface area contributed by atoms with Gasteiger partial charge in [-0.1, -0.05) is 0 Å². The van der Waals surface area contributed by atoms with Crippen molar-refractivity contribution in [3.05, 3.63) is 41.2 Å². The zero-order valence-corrected chi connectivity index (χ0v) is 13.8. The van der Waals surface area contributed by atoms with Crippen LogP contribution in [0.25, 0.3) is 11.3 Å². The molecule has 0 aliphatic carbocycles. The first-order chi connectivity index (χ1) is 11.6. The summed E-state index contributed by atoms with van der Waals surface area (Å²) in [7, 11) is 1.39. The third kappa shape index (κ3) is 4.08. The lowest BCUT2D eigenvalue weighted by Gasteiger charge is -2.03. The maximum atomic E-state index is 13.7. The van der Waals surface area contributed by atoms with Crippen molar-refractivity contribution < 1.29 is 18.7 Å². The second-order valence-corrected chi connectivity index (χ2v) is 5.28. The van der Waals surface area contributed by atoms with E-state index in [1.165, 1.54) is 36.8 Å². The summed E-state index contributed by atoms with van der Waals surface area (Å²) in [6, 6.07) is 6.29. The van der Waals surface area contributed by atoms with E-state index in [1.54, 1.807) is 24.4 Å². The number of nitrogens with one attached hydrogen (secondary N) is 1. The molecule has 1 aromatic heterocycles. The van der Waals surface area contributed by atoms with Crippen LogP contribution in [0.15, 0.2) is 35.4 Å². The first kappa shape index (κ1) is 17.4. The van der Waals surface area contributed by atoms with Gasteiger partial charge in [-0.25, -0.2) is 14.2 Å². The maximum absolute atomic E-state index is 13.7. The molecule has 0 aliphatic heterocycles. The monoisotopic (exact) mass is 347 g/mol. The Bertz CT molecular complexity index is 811. The minimum Gasteiger partial charge on any atom is -0.494 e. The molecule has 2 aromatic rings. The predicted molar refractivity (Wildman–Crippen MR) is 88.0 cm³/mol. The number of halogens is 1. The lowest BCUT2D eigenvalue weighted by atomic mass is 10.1. The van der Waals surface area contributed by atoms with Gasteiger partial charge in [0.15, 0.2) is 22.3 Å². The molecule has 0 amide bonds. The zero-order chi connectivity index (χ0) is 17.5. The number of carbonyl (C=O) groups is 1. The number of nitriles is 1. The maximum Gasteiger partial charge on any atom is 0.350 e. The molecule has 0 bridgehead atoms. The summed E-state index contributed by atoms with van der Waals surface area (Å²) < 4.78 is 23.4. The van der Waals surface area contributed by atoms with Gasteiger partial charge in [-0.15, -0.1) is 11.3 Å². The van der Waals surface area contributed by atoms with E-state index in [-0.39, 0.29) is 17.9 Å². The number of rotatable bonds is 6. The molecule has 0 saturated carbocycles. The van der Waals surface area contributed by atoms with E-state index in [2.05, 4.69) is 10.3 Å². The smallest absolute Gasteiger partial charge is 0.350 e. The number of esters is 1. The molecule has 2 rings (SSSR count). The normalized spacial score (nSPS) is 10.8. The van der Waals surface area contributed by atoms with Crippen molar-refractivity contribution in [2.24, 2.45) is 0 Å². The average Bonchev–Trinajstić information content (AvgIpc) is 3.04. The number of anilines is 1. The lowest BCUT2D eigenvalue weighted by molar-refractivity contribution is -0.138. The van der Waals surface area contributed by atoms with Gasteiger partial charge in [0, 0.05) is 17.1 Å². The molecule has 124 valence electrons. The summed E-state index contributed by atoms with van der Waals surface area (Å²) in [4.78, 5) is 15.8. The molecule has 1 heterocycles. The van der Waals surface area contributed by atoms with Crippen LogP contribution in [-0.2, 0) is 9.53 Å². The highest BCUT2D eigenvalue weighted by Crippen LogP contribution is 2.28. The molecular weight excluding hydrogens is 333 g/mol. The molecule has 0 unspecified atom stereocenters. The summed E-state index contributed by atoms with van der Waals surface area (Å²) in [5.74, 6) is -1.03. The molecule has 1 N–H and O–H groups in total. The Kier molecular flexibility index (Phi) is 5.87. The average molecular weight is 347 g/mol. The Morgan fingerprint density at radius 3 is 2.96 bits per heavy atom. The minimum absolute atomic E-state index is 0.156. The standard InChI is InChI=1S/C16H14FN3O3S/c1-3-23-15(21)11(7-18)8-19-16-20-13(9-24-16)10-4-5-14(22-2)12(17)6-10/h4-6,8-9H,3H2,1-2H3,(H,19,20)/b11-8+. The van der Waals surface area contributed by atoms with E-state index in [0.29, 0.717) is 16.4 Å². The van der Waals surface area contributed by atoms with E-state index >= 15 is 0 Å². The van der Waals surface area contributed by atoms with Crippen LogP contribution >= 0.6 is 11.3 Å². The number of nitrogens with zero attached hydrogens (tertiary/aromatic N) is 2. The van der Waals surface area contributed by atoms with Crippen LogP contribution in [0, 0.1) is 17.1 Å². The number of thiazole rings is 1. The Morgan fingerprint density at radius 1 is 1.54 bits per heavy atom. The third-order valence-electron chi connectivity index (χ3n) is 2.91. The summed E-state index contributed by atoms with van der Waals surface area (Å²) in [5.41, 5.74) is 0.990. The number of methoxy groups -OCH3 is 1. The Hall–Kier alpha value is -2.92. The van der Waals surface area contributed by atoms with Crippen molar-refractivity contribution >= 4 is 22.4 Å². The van der Waals surface area contributed by atoms with E-state index < -0.39 is 11.8 Å². The molecule has 8 heteroatoms. The van der Waals surface area contributed by atoms with Crippen molar-refractivity contribution in [2.75, 3.05) is 19.0 Å². The molecule has 0 radical (unpaired) electrons. The topological polar surface area (TPSA) is 84.2 Å². The fourth-order valence-electron chi connectivity index (χ4n) is 1.78. The Balaban J connectivity index is 2.15.